The molecule has 0 spiro atoms. The second-order valence-electron chi connectivity index (χ2n) is 6.15. The monoisotopic (exact) mass is 394 g/mol. The van der Waals surface area contributed by atoms with Crippen LogP contribution >= 0.6 is 23.2 Å². The first-order chi connectivity index (χ1) is 12.5. The van der Waals surface area contributed by atoms with Gasteiger partial charge in [-0.3, -0.25) is 10.1 Å². The third-order valence-electron chi connectivity index (χ3n) is 4.29. The minimum absolute atomic E-state index is 0.138. The molecule has 0 radical (unpaired) electrons. The van der Waals surface area contributed by atoms with Gasteiger partial charge in [0.25, 0.3) is 5.69 Å². The van der Waals surface area contributed by atoms with Crippen LogP contribution in [0.4, 0.5) is 17.1 Å². The molecule has 1 saturated heterocycles. The van der Waals surface area contributed by atoms with E-state index in [9.17, 15) is 10.1 Å². The molecule has 0 unspecified atom stereocenters. The summed E-state index contributed by atoms with van der Waals surface area (Å²) in [6.07, 6.45) is 0.750. The number of nitro groups is 1. The van der Waals surface area contributed by atoms with E-state index in [0.29, 0.717) is 22.3 Å². The van der Waals surface area contributed by atoms with Crippen molar-refractivity contribution in [2.45, 2.75) is 6.42 Å². The summed E-state index contributed by atoms with van der Waals surface area (Å²) in [6, 6.07) is 10.6. The minimum atomic E-state index is -0.324. The molecule has 0 aliphatic carbocycles. The SMILES string of the molecule is O=[N+]([O-])c1ccc(NCCc2cc(Cl)cc(Cl)c2)cc1N1CCNCC1. The summed E-state index contributed by atoms with van der Waals surface area (Å²) in [5, 5.41) is 19.2. The summed E-state index contributed by atoms with van der Waals surface area (Å²) in [4.78, 5) is 13.1. The van der Waals surface area contributed by atoms with Gasteiger partial charge < -0.3 is 15.5 Å². The van der Waals surface area contributed by atoms with Crippen molar-refractivity contribution in [3.8, 4) is 0 Å². The fraction of sp³-hybridized carbons (Fsp3) is 0.333. The number of nitro benzene ring substituents is 1. The van der Waals surface area contributed by atoms with Crippen molar-refractivity contribution in [3.05, 3.63) is 62.1 Å². The predicted octanol–water partition coefficient (Wildman–Crippen LogP) is 3.97. The quantitative estimate of drug-likeness (QED) is 0.572. The highest BCUT2D eigenvalue weighted by Gasteiger charge is 2.21. The molecule has 0 atom stereocenters. The molecule has 1 aliphatic rings. The maximum Gasteiger partial charge on any atom is 0.292 e. The Bertz CT molecular complexity index is 775. The fourth-order valence-electron chi connectivity index (χ4n) is 3.05. The van der Waals surface area contributed by atoms with Crippen molar-refractivity contribution < 1.29 is 4.92 Å². The molecule has 26 heavy (non-hydrogen) atoms. The first-order valence-corrected chi connectivity index (χ1v) is 9.21. The van der Waals surface area contributed by atoms with E-state index in [2.05, 4.69) is 15.5 Å². The van der Waals surface area contributed by atoms with Gasteiger partial charge in [-0.05, 0) is 42.3 Å². The smallest absolute Gasteiger partial charge is 0.292 e. The number of nitrogens with one attached hydrogen (secondary N) is 2. The lowest BCUT2D eigenvalue weighted by Gasteiger charge is -2.29. The molecular weight excluding hydrogens is 375 g/mol. The van der Waals surface area contributed by atoms with Gasteiger partial charge in [-0.25, -0.2) is 0 Å². The highest BCUT2D eigenvalue weighted by atomic mass is 35.5. The molecular formula is C18H20Cl2N4O2. The van der Waals surface area contributed by atoms with Gasteiger partial charge in [-0.2, -0.15) is 0 Å². The minimum Gasteiger partial charge on any atom is -0.385 e. The number of halogens is 2. The zero-order valence-electron chi connectivity index (χ0n) is 14.2. The van der Waals surface area contributed by atoms with Gasteiger partial charge in [0.1, 0.15) is 5.69 Å². The standard InChI is InChI=1S/C18H20Cl2N4O2/c19-14-9-13(10-15(20)11-14)3-4-22-16-1-2-17(24(25)26)18(12-16)23-7-5-21-6-8-23/h1-2,9-12,21-22H,3-8H2. The number of benzene rings is 2. The number of hydrogen-bond acceptors (Lipinski definition) is 5. The van der Waals surface area contributed by atoms with E-state index in [-0.39, 0.29) is 10.6 Å². The fourth-order valence-corrected chi connectivity index (χ4v) is 3.62. The topological polar surface area (TPSA) is 70.4 Å². The number of piperazine rings is 1. The van der Waals surface area contributed by atoms with Crippen molar-refractivity contribution in [2.75, 3.05) is 42.9 Å². The van der Waals surface area contributed by atoms with E-state index in [4.69, 9.17) is 23.2 Å². The third kappa shape index (κ3) is 4.78. The summed E-state index contributed by atoms with van der Waals surface area (Å²) < 4.78 is 0. The van der Waals surface area contributed by atoms with Crippen LogP contribution in [0.25, 0.3) is 0 Å². The van der Waals surface area contributed by atoms with Gasteiger partial charge in [-0.15, -0.1) is 0 Å². The Morgan fingerprint density at radius 2 is 1.81 bits per heavy atom. The van der Waals surface area contributed by atoms with Gasteiger partial charge in [0.05, 0.1) is 4.92 Å². The van der Waals surface area contributed by atoms with E-state index in [0.717, 1.165) is 43.9 Å². The molecule has 0 bridgehead atoms. The van der Waals surface area contributed by atoms with Crippen LogP contribution in [0.1, 0.15) is 5.56 Å². The molecule has 2 aromatic rings. The van der Waals surface area contributed by atoms with E-state index in [1.807, 2.05) is 18.2 Å². The zero-order valence-corrected chi connectivity index (χ0v) is 15.7. The number of hydrogen-bond donors (Lipinski definition) is 2. The third-order valence-corrected chi connectivity index (χ3v) is 4.73. The number of nitrogens with zero attached hydrogens (tertiary/aromatic N) is 2. The first kappa shape index (κ1) is 18.8. The Morgan fingerprint density at radius 1 is 1.12 bits per heavy atom. The van der Waals surface area contributed by atoms with Crippen LogP contribution in [-0.4, -0.2) is 37.6 Å². The van der Waals surface area contributed by atoms with Gasteiger partial charge in [-0.1, -0.05) is 23.2 Å². The maximum atomic E-state index is 11.4. The van der Waals surface area contributed by atoms with E-state index >= 15 is 0 Å². The predicted molar refractivity (Wildman–Crippen MR) is 107 cm³/mol. The van der Waals surface area contributed by atoms with Crippen LogP contribution in [0.2, 0.25) is 10.0 Å². The second-order valence-corrected chi connectivity index (χ2v) is 7.02. The van der Waals surface area contributed by atoms with Crippen LogP contribution in [-0.2, 0) is 6.42 Å². The normalized spacial score (nSPS) is 14.3. The zero-order chi connectivity index (χ0) is 18.5. The van der Waals surface area contributed by atoms with Crippen molar-refractivity contribution in [2.24, 2.45) is 0 Å². The van der Waals surface area contributed by atoms with Crippen molar-refractivity contribution in [3.63, 3.8) is 0 Å². The molecule has 1 heterocycles. The van der Waals surface area contributed by atoms with Gasteiger partial charge in [0, 0.05) is 54.5 Å². The molecule has 2 N–H and O–H groups in total. The summed E-state index contributed by atoms with van der Waals surface area (Å²) in [5.41, 5.74) is 2.70. The van der Waals surface area contributed by atoms with Crippen LogP contribution in [0.5, 0.6) is 0 Å². The molecule has 138 valence electrons. The van der Waals surface area contributed by atoms with E-state index in [1.165, 1.54) is 0 Å². The molecule has 0 saturated carbocycles. The molecule has 3 rings (SSSR count). The Labute approximate surface area is 162 Å². The van der Waals surface area contributed by atoms with Gasteiger partial charge >= 0.3 is 0 Å². The van der Waals surface area contributed by atoms with Crippen molar-refractivity contribution in [1.29, 1.82) is 0 Å². The molecule has 8 heteroatoms. The summed E-state index contributed by atoms with van der Waals surface area (Å²) in [5.74, 6) is 0. The molecule has 0 aromatic heterocycles. The van der Waals surface area contributed by atoms with Gasteiger partial charge in [0.2, 0.25) is 0 Å². The highest BCUT2D eigenvalue weighted by molar-refractivity contribution is 6.34. The molecule has 6 nitrogen and oxygen atoms in total. The average Bonchev–Trinajstić information content (AvgIpc) is 2.61. The molecule has 1 fully saturated rings. The summed E-state index contributed by atoms with van der Waals surface area (Å²) >= 11 is 12.0. The molecule has 1 aliphatic heterocycles. The van der Waals surface area contributed by atoms with Gasteiger partial charge in [0.15, 0.2) is 0 Å². The Morgan fingerprint density at radius 3 is 2.46 bits per heavy atom. The average molecular weight is 395 g/mol. The van der Waals surface area contributed by atoms with Crippen LogP contribution in [0.15, 0.2) is 36.4 Å². The lowest BCUT2D eigenvalue weighted by Crippen LogP contribution is -2.43. The number of anilines is 2. The Kier molecular flexibility index (Phi) is 6.19. The summed E-state index contributed by atoms with van der Waals surface area (Å²) in [6.45, 7) is 3.83. The lowest BCUT2D eigenvalue weighted by atomic mass is 10.1. The summed E-state index contributed by atoms with van der Waals surface area (Å²) in [7, 11) is 0. The molecule has 2 aromatic carbocycles. The lowest BCUT2D eigenvalue weighted by molar-refractivity contribution is -0.384. The van der Waals surface area contributed by atoms with Crippen LogP contribution in [0, 0.1) is 10.1 Å². The van der Waals surface area contributed by atoms with Crippen LogP contribution in [0.3, 0.4) is 0 Å². The van der Waals surface area contributed by atoms with E-state index in [1.54, 1.807) is 18.2 Å². The van der Waals surface area contributed by atoms with Crippen LogP contribution < -0.4 is 15.5 Å². The number of rotatable bonds is 6. The Hall–Kier alpha value is -2.02. The molecule has 0 amide bonds. The maximum absolute atomic E-state index is 11.4. The highest BCUT2D eigenvalue weighted by Crippen LogP contribution is 2.31. The van der Waals surface area contributed by atoms with Crippen molar-refractivity contribution in [1.82, 2.24) is 5.32 Å². The van der Waals surface area contributed by atoms with Crippen molar-refractivity contribution >= 4 is 40.3 Å². The first-order valence-electron chi connectivity index (χ1n) is 8.46. The Balaban J connectivity index is 1.70. The second kappa shape index (κ2) is 8.58. The van der Waals surface area contributed by atoms with E-state index < -0.39 is 0 Å². The largest absolute Gasteiger partial charge is 0.385 e.